The molecule has 0 saturated heterocycles. The number of fused-ring (bicyclic) bond motifs is 1. The van der Waals surface area contributed by atoms with Gasteiger partial charge in [0.05, 0.1) is 30.8 Å². The summed E-state index contributed by atoms with van der Waals surface area (Å²) in [5.74, 6) is 1.02. The predicted molar refractivity (Wildman–Crippen MR) is 110 cm³/mol. The number of hydrogen-bond donors (Lipinski definition) is 1. The van der Waals surface area contributed by atoms with Crippen LogP contribution in [0.5, 0.6) is 11.5 Å². The summed E-state index contributed by atoms with van der Waals surface area (Å²) in [6.07, 6.45) is 9.01. The lowest BCUT2D eigenvalue weighted by atomic mass is 10.2. The Bertz CT molecular complexity index is 1050. The number of methoxy groups -OCH3 is 1. The first-order valence-corrected chi connectivity index (χ1v) is 9.21. The van der Waals surface area contributed by atoms with Gasteiger partial charge in [0.15, 0.2) is 0 Å². The second kappa shape index (κ2) is 10.0. The summed E-state index contributed by atoms with van der Waals surface area (Å²) >= 11 is 0. The van der Waals surface area contributed by atoms with Crippen molar-refractivity contribution in [2.75, 3.05) is 20.3 Å². The maximum absolute atomic E-state index is 12.5. The molecule has 0 fully saturated rings. The van der Waals surface area contributed by atoms with Gasteiger partial charge in [0.25, 0.3) is 5.56 Å². The van der Waals surface area contributed by atoms with Crippen molar-refractivity contribution in [3.63, 3.8) is 0 Å². The Morgan fingerprint density at radius 3 is 2.93 bits per heavy atom. The zero-order valence-corrected chi connectivity index (χ0v) is 16.1. The van der Waals surface area contributed by atoms with Crippen molar-refractivity contribution in [3.8, 4) is 11.5 Å². The zero-order valence-electron chi connectivity index (χ0n) is 16.1. The number of ether oxygens (including phenoxy) is 2. The molecule has 8 heteroatoms. The predicted octanol–water partition coefficient (Wildman–Crippen LogP) is 2.25. The van der Waals surface area contributed by atoms with Gasteiger partial charge in [-0.1, -0.05) is 0 Å². The van der Waals surface area contributed by atoms with Gasteiger partial charge in [-0.2, -0.15) is 0 Å². The number of carbonyl (C=O) groups is 1. The Morgan fingerprint density at radius 1 is 1.24 bits per heavy atom. The molecule has 0 aliphatic carbocycles. The number of aromatic nitrogens is 3. The largest absolute Gasteiger partial charge is 0.497 e. The Kier molecular flexibility index (Phi) is 6.94. The van der Waals surface area contributed by atoms with E-state index in [4.69, 9.17) is 9.47 Å². The number of carbonyl (C=O) groups excluding carboxylic acids is 1. The highest BCUT2D eigenvalue weighted by atomic mass is 16.5. The smallest absolute Gasteiger partial charge is 0.265 e. The second-order valence-corrected chi connectivity index (χ2v) is 6.19. The van der Waals surface area contributed by atoms with Crippen molar-refractivity contribution >= 4 is 23.0 Å². The lowest BCUT2D eigenvalue weighted by Crippen LogP contribution is -2.23. The Balaban J connectivity index is 1.46. The molecule has 2 aromatic heterocycles. The summed E-state index contributed by atoms with van der Waals surface area (Å²) < 4.78 is 11.9. The van der Waals surface area contributed by atoms with Crippen LogP contribution in [0, 0.1) is 0 Å². The van der Waals surface area contributed by atoms with Gasteiger partial charge < -0.3 is 14.8 Å². The molecule has 0 aliphatic rings. The Hall–Kier alpha value is -3.68. The first-order chi connectivity index (χ1) is 14.2. The van der Waals surface area contributed by atoms with E-state index in [1.807, 2.05) is 12.1 Å². The van der Waals surface area contributed by atoms with Gasteiger partial charge >= 0.3 is 0 Å². The summed E-state index contributed by atoms with van der Waals surface area (Å²) in [5.41, 5.74) is 0.295. The minimum Gasteiger partial charge on any atom is -0.497 e. The van der Waals surface area contributed by atoms with Gasteiger partial charge in [-0.25, -0.2) is 4.98 Å². The summed E-state index contributed by atoms with van der Waals surface area (Å²) in [4.78, 5) is 32.7. The molecule has 0 aliphatic heterocycles. The van der Waals surface area contributed by atoms with Gasteiger partial charge in [0.2, 0.25) is 5.91 Å². The van der Waals surface area contributed by atoms with Crippen LogP contribution in [0.4, 0.5) is 0 Å². The highest BCUT2D eigenvalue weighted by molar-refractivity contribution is 5.90. The number of nitrogens with zero attached hydrogens (tertiary/aromatic N) is 3. The molecule has 2 heterocycles. The molecule has 0 atom stereocenters. The molecule has 0 unspecified atom stereocenters. The fraction of sp³-hybridized carbons (Fsp3) is 0.238. The third-order valence-corrected chi connectivity index (χ3v) is 4.15. The molecule has 3 rings (SSSR count). The highest BCUT2D eigenvalue weighted by Crippen LogP contribution is 2.15. The molecule has 29 heavy (non-hydrogen) atoms. The van der Waals surface area contributed by atoms with Crippen LogP contribution in [0.15, 0.2) is 59.9 Å². The summed E-state index contributed by atoms with van der Waals surface area (Å²) in [5, 5.41) is 3.20. The molecule has 150 valence electrons. The molecule has 8 nitrogen and oxygen atoms in total. The van der Waals surface area contributed by atoms with Crippen LogP contribution < -0.4 is 20.3 Å². The normalized spacial score (nSPS) is 10.9. The standard InChI is InChI=1S/C21H22N4O4/c1-28-16-6-7-19-18(13-16)21(27)25(15-24-19)11-8-20(26)23-10-2-3-12-29-17-5-4-9-22-14-17/h4-9,11,13-15H,2-3,10,12H2,1H3,(H,23,26). The number of rotatable bonds is 9. The van der Waals surface area contributed by atoms with Crippen molar-refractivity contribution in [1.82, 2.24) is 19.9 Å². The van der Waals surface area contributed by atoms with Gasteiger partial charge in [0, 0.05) is 25.0 Å². The van der Waals surface area contributed by atoms with Gasteiger partial charge in [0.1, 0.15) is 17.8 Å². The van der Waals surface area contributed by atoms with Gasteiger partial charge in [-0.3, -0.25) is 19.1 Å². The minimum atomic E-state index is -0.282. The monoisotopic (exact) mass is 394 g/mol. The molecule has 0 bridgehead atoms. The van der Waals surface area contributed by atoms with Gasteiger partial charge in [-0.15, -0.1) is 0 Å². The Morgan fingerprint density at radius 2 is 2.14 bits per heavy atom. The van der Waals surface area contributed by atoms with E-state index in [1.54, 1.807) is 30.6 Å². The van der Waals surface area contributed by atoms with E-state index in [9.17, 15) is 9.59 Å². The van der Waals surface area contributed by atoms with E-state index in [2.05, 4.69) is 15.3 Å². The van der Waals surface area contributed by atoms with Crippen molar-refractivity contribution < 1.29 is 14.3 Å². The quantitative estimate of drug-likeness (QED) is 0.442. The number of benzene rings is 1. The fourth-order valence-electron chi connectivity index (χ4n) is 2.62. The van der Waals surface area contributed by atoms with Crippen molar-refractivity contribution in [2.24, 2.45) is 0 Å². The van der Waals surface area contributed by atoms with E-state index in [-0.39, 0.29) is 11.5 Å². The molecule has 1 amide bonds. The van der Waals surface area contributed by atoms with Crippen LogP contribution in [0.3, 0.4) is 0 Å². The number of hydrogen-bond acceptors (Lipinski definition) is 6. The molecule has 3 aromatic rings. The maximum Gasteiger partial charge on any atom is 0.265 e. The van der Waals surface area contributed by atoms with E-state index in [0.717, 1.165) is 18.6 Å². The first-order valence-electron chi connectivity index (χ1n) is 9.21. The lowest BCUT2D eigenvalue weighted by molar-refractivity contribution is -0.116. The number of amides is 1. The minimum absolute atomic E-state index is 0.273. The van der Waals surface area contributed by atoms with Crippen LogP contribution in [-0.4, -0.2) is 40.7 Å². The van der Waals surface area contributed by atoms with E-state index >= 15 is 0 Å². The van der Waals surface area contributed by atoms with Crippen LogP contribution in [0.1, 0.15) is 12.8 Å². The highest BCUT2D eigenvalue weighted by Gasteiger charge is 2.04. The first kappa shape index (κ1) is 20.1. The summed E-state index contributed by atoms with van der Waals surface area (Å²) in [6, 6.07) is 8.75. The lowest BCUT2D eigenvalue weighted by Gasteiger charge is -2.06. The van der Waals surface area contributed by atoms with E-state index < -0.39 is 0 Å². The molecule has 1 N–H and O–H groups in total. The summed E-state index contributed by atoms with van der Waals surface area (Å²) in [7, 11) is 1.53. The van der Waals surface area contributed by atoms with E-state index in [1.165, 1.54) is 30.3 Å². The third-order valence-electron chi connectivity index (χ3n) is 4.15. The number of nitrogens with one attached hydrogen (secondary N) is 1. The van der Waals surface area contributed by atoms with Crippen LogP contribution >= 0.6 is 0 Å². The molecule has 0 radical (unpaired) electrons. The van der Waals surface area contributed by atoms with Crippen LogP contribution in [0.25, 0.3) is 17.1 Å². The molecular formula is C21H22N4O4. The fourth-order valence-corrected chi connectivity index (χ4v) is 2.62. The Labute approximate surface area is 167 Å². The molecule has 0 spiro atoms. The average molecular weight is 394 g/mol. The van der Waals surface area contributed by atoms with Gasteiger partial charge in [-0.05, 0) is 43.2 Å². The molecular weight excluding hydrogens is 372 g/mol. The van der Waals surface area contributed by atoms with E-state index in [0.29, 0.717) is 29.8 Å². The van der Waals surface area contributed by atoms with Crippen molar-refractivity contribution in [1.29, 1.82) is 0 Å². The molecule has 0 saturated carbocycles. The third kappa shape index (κ3) is 5.65. The second-order valence-electron chi connectivity index (χ2n) is 6.19. The number of pyridine rings is 1. The van der Waals surface area contributed by atoms with Crippen LogP contribution in [-0.2, 0) is 4.79 Å². The zero-order chi connectivity index (χ0) is 20.5. The molecule has 1 aromatic carbocycles. The average Bonchev–Trinajstić information content (AvgIpc) is 2.76. The van der Waals surface area contributed by atoms with Crippen molar-refractivity contribution in [3.05, 3.63) is 65.5 Å². The maximum atomic E-state index is 12.5. The van der Waals surface area contributed by atoms with Crippen LogP contribution in [0.2, 0.25) is 0 Å². The summed E-state index contributed by atoms with van der Waals surface area (Å²) in [6.45, 7) is 1.07. The van der Waals surface area contributed by atoms with Crippen molar-refractivity contribution in [2.45, 2.75) is 12.8 Å². The topological polar surface area (TPSA) is 95.3 Å². The SMILES string of the molecule is COc1ccc2ncn(C=CC(=O)NCCCCOc3cccnc3)c(=O)c2c1. The number of unbranched alkanes of at least 4 members (excludes halogenated alkanes) is 1.